The molecule has 1 atom stereocenters. The van der Waals surface area contributed by atoms with E-state index in [-0.39, 0.29) is 23.6 Å². The lowest BCUT2D eigenvalue weighted by atomic mass is 9.59. The molecule has 0 aliphatic carbocycles. The second kappa shape index (κ2) is 9.30. The highest BCUT2D eigenvalue weighted by molar-refractivity contribution is 7.82. The minimum absolute atomic E-state index is 0.287. The summed E-state index contributed by atoms with van der Waals surface area (Å²) in [5.41, 5.74) is -0.716. The van der Waals surface area contributed by atoms with Gasteiger partial charge in [-0.25, -0.2) is 9.35 Å². The number of rotatable bonds is 4. The van der Waals surface area contributed by atoms with Crippen molar-refractivity contribution in [2.45, 2.75) is 97.3 Å². The van der Waals surface area contributed by atoms with Crippen LogP contribution in [0.15, 0.2) is 17.3 Å². The standard InChI is InChI=1S/C13H24BN3O3S.2C2H6/c1-11(2,9-17-8-7-10(16-17)21(15)18)14-19-12(3,4)13(5,6)20-14;2*1-2/h7-8H,9,15H2,1-6H3;2*1-2H3. The molecule has 8 heteroatoms. The van der Waals surface area contributed by atoms with Crippen LogP contribution in [0.5, 0.6) is 0 Å². The average molecular weight is 373 g/mol. The van der Waals surface area contributed by atoms with E-state index in [2.05, 4.69) is 18.9 Å². The molecule has 146 valence electrons. The van der Waals surface area contributed by atoms with Gasteiger partial charge in [-0.3, -0.25) is 4.68 Å². The van der Waals surface area contributed by atoms with Crippen molar-refractivity contribution in [3.63, 3.8) is 0 Å². The first kappa shape index (κ1) is 24.3. The first-order chi connectivity index (χ1) is 11.4. The normalized spacial score (nSPS) is 19.4. The van der Waals surface area contributed by atoms with Gasteiger partial charge in [-0.05, 0) is 33.8 Å². The first-order valence-corrected chi connectivity index (χ1v) is 10.2. The summed E-state index contributed by atoms with van der Waals surface area (Å²) in [5, 5.41) is 9.64. The molecule has 1 fully saturated rings. The van der Waals surface area contributed by atoms with Gasteiger partial charge in [0.05, 0.1) is 11.2 Å². The van der Waals surface area contributed by atoms with Crippen LogP contribution in [-0.2, 0) is 26.8 Å². The molecule has 2 rings (SSSR count). The lowest BCUT2D eigenvalue weighted by Gasteiger charge is -2.32. The van der Waals surface area contributed by atoms with Crippen molar-refractivity contribution in [2.24, 2.45) is 5.14 Å². The lowest BCUT2D eigenvalue weighted by Crippen LogP contribution is -2.41. The second-order valence-corrected chi connectivity index (χ2v) is 8.24. The van der Waals surface area contributed by atoms with Gasteiger partial charge in [-0.2, -0.15) is 5.10 Å². The van der Waals surface area contributed by atoms with Gasteiger partial charge in [-0.15, -0.1) is 0 Å². The van der Waals surface area contributed by atoms with E-state index in [0.29, 0.717) is 11.6 Å². The Morgan fingerprint density at radius 3 is 1.96 bits per heavy atom. The van der Waals surface area contributed by atoms with Gasteiger partial charge < -0.3 is 9.31 Å². The molecule has 2 heterocycles. The number of hydrogen-bond donors (Lipinski definition) is 1. The molecular formula is C17H36BN3O3S. The maximum absolute atomic E-state index is 11.2. The molecule has 0 saturated carbocycles. The molecule has 1 aliphatic rings. The van der Waals surface area contributed by atoms with Gasteiger partial charge in [0, 0.05) is 18.1 Å². The summed E-state index contributed by atoms with van der Waals surface area (Å²) in [6, 6.07) is 1.66. The van der Waals surface area contributed by atoms with Gasteiger partial charge >= 0.3 is 7.12 Å². The van der Waals surface area contributed by atoms with Crippen molar-refractivity contribution < 1.29 is 13.5 Å². The van der Waals surface area contributed by atoms with E-state index in [1.165, 1.54) is 0 Å². The monoisotopic (exact) mass is 373 g/mol. The Balaban J connectivity index is 0.00000134. The Labute approximate surface area is 156 Å². The number of hydrogen-bond acceptors (Lipinski definition) is 4. The van der Waals surface area contributed by atoms with Crippen LogP contribution in [0, 0.1) is 0 Å². The first-order valence-electron chi connectivity index (χ1n) is 9.00. The van der Waals surface area contributed by atoms with Crippen LogP contribution < -0.4 is 5.14 Å². The van der Waals surface area contributed by atoms with Crippen LogP contribution in [0.25, 0.3) is 0 Å². The fraction of sp³-hybridized carbons (Fsp3) is 0.824. The number of aromatic nitrogens is 2. The number of nitrogens with zero attached hydrogens (tertiary/aromatic N) is 2. The number of nitrogens with two attached hydrogens (primary N) is 1. The van der Waals surface area contributed by atoms with Crippen LogP contribution in [0.3, 0.4) is 0 Å². The van der Waals surface area contributed by atoms with Crippen LogP contribution in [0.2, 0.25) is 5.31 Å². The molecule has 1 aliphatic heterocycles. The highest BCUT2D eigenvalue weighted by atomic mass is 32.2. The van der Waals surface area contributed by atoms with E-state index < -0.39 is 11.0 Å². The van der Waals surface area contributed by atoms with Gasteiger partial charge in [0.2, 0.25) is 0 Å². The zero-order valence-corrected chi connectivity index (χ0v) is 18.4. The molecule has 0 aromatic carbocycles. The van der Waals surface area contributed by atoms with Crippen molar-refractivity contribution in [3.8, 4) is 0 Å². The van der Waals surface area contributed by atoms with E-state index in [1.54, 1.807) is 16.9 Å². The van der Waals surface area contributed by atoms with E-state index in [0.717, 1.165) is 0 Å². The van der Waals surface area contributed by atoms with Gasteiger partial charge in [0.1, 0.15) is 11.0 Å². The molecule has 0 spiro atoms. The lowest BCUT2D eigenvalue weighted by molar-refractivity contribution is 0.00578. The topological polar surface area (TPSA) is 79.4 Å². The predicted molar refractivity (Wildman–Crippen MR) is 106 cm³/mol. The molecular weight excluding hydrogens is 337 g/mol. The third-order valence-corrected chi connectivity index (χ3v) is 4.91. The Kier molecular flexibility index (Phi) is 9.04. The minimum atomic E-state index is -1.56. The molecule has 6 nitrogen and oxygen atoms in total. The average Bonchev–Trinajstić information content (AvgIpc) is 3.06. The van der Waals surface area contributed by atoms with E-state index in [9.17, 15) is 4.21 Å². The zero-order chi connectivity index (χ0) is 20.1. The fourth-order valence-corrected chi connectivity index (χ4v) is 2.57. The molecule has 1 aromatic rings. The third-order valence-electron chi connectivity index (χ3n) is 4.28. The maximum atomic E-state index is 11.2. The molecule has 0 amide bonds. The van der Waals surface area contributed by atoms with Crippen molar-refractivity contribution in [2.75, 3.05) is 0 Å². The third kappa shape index (κ3) is 5.91. The molecule has 0 bridgehead atoms. The van der Waals surface area contributed by atoms with Crippen molar-refractivity contribution in [1.82, 2.24) is 9.78 Å². The molecule has 1 aromatic heterocycles. The Morgan fingerprint density at radius 2 is 1.60 bits per heavy atom. The van der Waals surface area contributed by atoms with E-state index in [4.69, 9.17) is 14.4 Å². The van der Waals surface area contributed by atoms with Crippen molar-refractivity contribution in [3.05, 3.63) is 12.3 Å². The van der Waals surface area contributed by atoms with Crippen LogP contribution in [-0.4, -0.2) is 32.3 Å². The smallest absolute Gasteiger partial charge is 0.403 e. The summed E-state index contributed by atoms with van der Waals surface area (Å²) in [4.78, 5) is 0. The second-order valence-electron chi connectivity index (χ2n) is 7.23. The van der Waals surface area contributed by atoms with Crippen LogP contribution in [0.1, 0.15) is 69.2 Å². The summed E-state index contributed by atoms with van der Waals surface area (Å²) in [7, 11) is -1.89. The minimum Gasteiger partial charge on any atom is -0.403 e. The maximum Gasteiger partial charge on any atom is 0.465 e. The summed E-state index contributed by atoms with van der Waals surface area (Å²) >= 11 is 0. The van der Waals surface area contributed by atoms with Gasteiger partial charge in [0.25, 0.3) is 0 Å². The largest absolute Gasteiger partial charge is 0.465 e. The van der Waals surface area contributed by atoms with Crippen LogP contribution in [0.4, 0.5) is 0 Å². The summed E-state index contributed by atoms with van der Waals surface area (Å²) < 4.78 is 25.2. The SMILES string of the molecule is CC.CC.CC(C)(Cn1ccc(S(N)=O)n1)B1OC(C)(C)C(C)(C)O1. The molecule has 2 N–H and O–H groups in total. The van der Waals surface area contributed by atoms with Gasteiger partial charge in [-0.1, -0.05) is 41.5 Å². The highest BCUT2D eigenvalue weighted by Crippen LogP contribution is 2.45. The molecule has 25 heavy (non-hydrogen) atoms. The van der Waals surface area contributed by atoms with Gasteiger partial charge in [0.15, 0.2) is 5.03 Å². The summed E-state index contributed by atoms with van der Waals surface area (Å²) in [6.45, 7) is 20.9. The van der Waals surface area contributed by atoms with Crippen molar-refractivity contribution >= 4 is 18.1 Å². The quantitative estimate of drug-likeness (QED) is 0.815. The Morgan fingerprint density at radius 1 is 1.16 bits per heavy atom. The van der Waals surface area contributed by atoms with E-state index in [1.807, 2.05) is 55.4 Å². The molecule has 1 unspecified atom stereocenters. The summed E-state index contributed by atoms with van der Waals surface area (Å²) in [5.74, 6) is 0. The highest BCUT2D eigenvalue weighted by Gasteiger charge is 2.56. The molecule has 1 saturated heterocycles. The van der Waals surface area contributed by atoms with Crippen LogP contribution >= 0.6 is 0 Å². The zero-order valence-electron chi connectivity index (χ0n) is 17.5. The Bertz CT molecular complexity index is 543. The van der Waals surface area contributed by atoms with E-state index >= 15 is 0 Å². The summed E-state index contributed by atoms with van der Waals surface area (Å²) in [6.07, 6.45) is 1.77. The Hall–Kier alpha value is -0.695. The molecule has 0 radical (unpaired) electrons. The predicted octanol–water partition coefficient (Wildman–Crippen LogP) is 3.79. The fourth-order valence-electron chi connectivity index (χ4n) is 2.19. The van der Waals surface area contributed by atoms with Crippen molar-refractivity contribution in [1.29, 1.82) is 0 Å².